The van der Waals surface area contributed by atoms with Gasteiger partial charge in [-0.15, -0.1) is 0 Å². The van der Waals surface area contributed by atoms with Crippen LogP contribution in [0.5, 0.6) is 0 Å². The molecule has 108 valence electrons. The Bertz CT molecular complexity index is 371. The molecule has 4 heteroatoms. The number of hydrogen-bond acceptors (Lipinski definition) is 2. The lowest BCUT2D eigenvalue weighted by Crippen LogP contribution is -2.22. The van der Waals surface area contributed by atoms with Crippen molar-refractivity contribution in [3.63, 3.8) is 0 Å². The molecule has 0 spiro atoms. The zero-order valence-electron chi connectivity index (χ0n) is 11.7. The molecule has 0 radical (unpaired) electrons. The number of rotatable bonds is 9. The van der Waals surface area contributed by atoms with Gasteiger partial charge in [-0.05, 0) is 32.4 Å². The minimum atomic E-state index is -0.797. The van der Waals surface area contributed by atoms with Gasteiger partial charge in [0.1, 0.15) is 0 Å². The van der Waals surface area contributed by atoms with Gasteiger partial charge in [0.25, 0.3) is 0 Å². The van der Waals surface area contributed by atoms with Gasteiger partial charge in [-0.3, -0.25) is 0 Å². The van der Waals surface area contributed by atoms with Crippen molar-refractivity contribution in [1.29, 1.82) is 0 Å². The second kappa shape index (κ2) is 8.99. The molecule has 1 aromatic carbocycles. The van der Waals surface area contributed by atoms with Crippen molar-refractivity contribution in [2.24, 2.45) is 0 Å². The van der Waals surface area contributed by atoms with Crippen molar-refractivity contribution < 1.29 is 13.5 Å². The topological polar surface area (TPSA) is 21.3 Å². The van der Waals surface area contributed by atoms with Crippen molar-refractivity contribution in [2.45, 2.75) is 39.2 Å². The van der Waals surface area contributed by atoms with Crippen molar-refractivity contribution in [3.05, 3.63) is 35.4 Å². The Labute approximate surface area is 114 Å². The highest BCUT2D eigenvalue weighted by atomic mass is 19.2. The number of ether oxygens (including phenoxy) is 1. The van der Waals surface area contributed by atoms with Crippen LogP contribution >= 0.6 is 0 Å². The predicted octanol–water partition coefficient (Wildman–Crippen LogP) is 3.82. The lowest BCUT2D eigenvalue weighted by atomic mass is 10.1. The quantitative estimate of drug-likeness (QED) is 0.689. The Morgan fingerprint density at radius 2 is 1.95 bits per heavy atom. The normalized spacial score (nSPS) is 12.6. The van der Waals surface area contributed by atoms with Gasteiger partial charge < -0.3 is 10.1 Å². The fraction of sp³-hybridized carbons (Fsp3) is 0.600. The summed E-state index contributed by atoms with van der Waals surface area (Å²) in [5.74, 6) is -1.56. The molecule has 1 unspecified atom stereocenters. The third-order valence-electron chi connectivity index (χ3n) is 3.01. The first kappa shape index (κ1) is 16.1. The lowest BCUT2D eigenvalue weighted by molar-refractivity contribution is 0.128. The predicted molar refractivity (Wildman–Crippen MR) is 73.1 cm³/mol. The zero-order valence-corrected chi connectivity index (χ0v) is 11.7. The van der Waals surface area contributed by atoms with Gasteiger partial charge in [0, 0.05) is 24.8 Å². The van der Waals surface area contributed by atoms with E-state index in [1.165, 1.54) is 6.07 Å². The van der Waals surface area contributed by atoms with E-state index >= 15 is 0 Å². The second-order valence-electron chi connectivity index (χ2n) is 4.64. The van der Waals surface area contributed by atoms with Gasteiger partial charge in [0.2, 0.25) is 0 Å². The standard InChI is InChI=1S/C15H23F2NO/c1-3-4-10-19-11-6-9-18-12(2)13-7-5-8-14(16)15(13)17/h5,7-8,12,18H,3-4,6,9-11H2,1-2H3. The van der Waals surface area contributed by atoms with Crippen molar-refractivity contribution in [3.8, 4) is 0 Å². The van der Waals surface area contributed by atoms with Crippen molar-refractivity contribution in [2.75, 3.05) is 19.8 Å². The fourth-order valence-corrected chi connectivity index (χ4v) is 1.81. The molecule has 0 saturated carbocycles. The molecule has 0 amide bonds. The van der Waals surface area contributed by atoms with Gasteiger partial charge >= 0.3 is 0 Å². The Morgan fingerprint density at radius 3 is 2.68 bits per heavy atom. The SMILES string of the molecule is CCCCOCCCNC(C)c1cccc(F)c1F. The van der Waals surface area contributed by atoms with Gasteiger partial charge in [0.05, 0.1) is 0 Å². The van der Waals surface area contributed by atoms with E-state index in [1.54, 1.807) is 6.07 Å². The first-order valence-electron chi connectivity index (χ1n) is 6.91. The molecule has 0 fully saturated rings. The third kappa shape index (κ3) is 5.66. The first-order valence-corrected chi connectivity index (χ1v) is 6.91. The van der Waals surface area contributed by atoms with Crippen LogP contribution in [0.15, 0.2) is 18.2 Å². The summed E-state index contributed by atoms with van der Waals surface area (Å²) in [4.78, 5) is 0. The van der Waals surface area contributed by atoms with E-state index in [9.17, 15) is 8.78 Å². The minimum absolute atomic E-state index is 0.202. The third-order valence-corrected chi connectivity index (χ3v) is 3.01. The van der Waals surface area contributed by atoms with Crippen LogP contribution in [0, 0.1) is 11.6 Å². The Balaban J connectivity index is 2.24. The zero-order chi connectivity index (χ0) is 14.1. The van der Waals surface area contributed by atoms with Gasteiger partial charge in [0.15, 0.2) is 11.6 Å². The average Bonchev–Trinajstić information content (AvgIpc) is 2.40. The molecular formula is C15H23F2NO. The second-order valence-corrected chi connectivity index (χ2v) is 4.64. The number of benzene rings is 1. The van der Waals surface area contributed by atoms with Crippen LogP contribution in [0.1, 0.15) is 44.7 Å². The highest BCUT2D eigenvalue weighted by Gasteiger charge is 2.13. The van der Waals surface area contributed by atoms with Gasteiger partial charge in [-0.25, -0.2) is 8.78 Å². The maximum absolute atomic E-state index is 13.5. The molecule has 1 N–H and O–H groups in total. The molecule has 0 heterocycles. The molecule has 2 nitrogen and oxygen atoms in total. The molecule has 0 aliphatic rings. The summed E-state index contributed by atoms with van der Waals surface area (Å²) >= 11 is 0. The molecule has 19 heavy (non-hydrogen) atoms. The van der Waals surface area contributed by atoms with E-state index in [4.69, 9.17) is 4.74 Å². The van der Waals surface area contributed by atoms with Crippen molar-refractivity contribution >= 4 is 0 Å². The van der Waals surface area contributed by atoms with Crippen LogP contribution in [0.3, 0.4) is 0 Å². The summed E-state index contributed by atoms with van der Waals surface area (Å²) in [6.07, 6.45) is 3.08. The maximum atomic E-state index is 13.5. The molecule has 1 atom stereocenters. The largest absolute Gasteiger partial charge is 0.381 e. The highest BCUT2D eigenvalue weighted by molar-refractivity contribution is 5.21. The van der Waals surface area contributed by atoms with E-state index in [-0.39, 0.29) is 6.04 Å². The molecule has 0 saturated heterocycles. The van der Waals surface area contributed by atoms with E-state index in [2.05, 4.69) is 12.2 Å². The number of nitrogens with one attached hydrogen (secondary N) is 1. The highest BCUT2D eigenvalue weighted by Crippen LogP contribution is 2.18. The lowest BCUT2D eigenvalue weighted by Gasteiger charge is -2.15. The van der Waals surface area contributed by atoms with E-state index in [0.717, 1.165) is 38.5 Å². The molecule has 1 rings (SSSR count). The average molecular weight is 271 g/mol. The summed E-state index contributed by atoms with van der Waals surface area (Å²) in [6, 6.07) is 4.06. The van der Waals surface area contributed by atoms with Crippen LogP contribution in [-0.4, -0.2) is 19.8 Å². The number of hydrogen-bond donors (Lipinski definition) is 1. The summed E-state index contributed by atoms with van der Waals surface area (Å²) in [6.45, 7) is 6.18. The van der Waals surface area contributed by atoms with Crippen LogP contribution in [0.4, 0.5) is 8.78 Å². The van der Waals surface area contributed by atoms with Crippen LogP contribution < -0.4 is 5.32 Å². The molecule has 0 aliphatic heterocycles. The van der Waals surface area contributed by atoms with E-state index in [1.807, 2.05) is 6.92 Å². The molecule has 1 aromatic rings. The van der Waals surface area contributed by atoms with Crippen LogP contribution in [0.2, 0.25) is 0 Å². The Kier molecular flexibility index (Phi) is 7.60. The fourth-order valence-electron chi connectivity index (χ4n) is 1.81. The smallest absolute Gasteiger partial charge is 0.163 e. The summed E-state index contributed by atoms with van der Waals surface area (Å²) in [7, 11) is 0. The van der Waals surface area contributed by atoms with Gasteiger partial charge in [-0.2, -0.15) is 0 Å². The van der Waals surface area contributed by atoms with E-state index < -0.39 is 11.6 Å². The monoisotopic (exact) mass is 271 g/mol. The summed E-state index contributed by atoms with van der Waals surface area (Å²) in [5.41, 5.74) is 0.368. The summed E-state index contributed by atoms with van der Waals surface area (Å²) in [5, 5.41) is 3.17. The Morgan fingerprint density at radius 1 is 1.21 bits per heavy atom. The molecular weight excluding hydrogens is 248 g/mol. The maximum Gasteiger partial charge on any atom is 0.163 e. The summed E-state index contributed by atoms with van der Waals surface area (Å²) < 4.78 is 32.0. The van der Waals surface area contributed by atoms with E-state index in [0.29, 0.717) is 12.2 Å². The first-order chi connectivity index (χ1) is 9.16. The molecule has 0 aromatic heterocycles. The van der Waals surface area contributed by atoms with Gasteiger partial charge in [-0.1, -0.05) is 25.5 Å². The van der Waals surface area contributed by atoms with Crippen molar-refractivity contribution in [1.82, 2.24) is 5.32 Å². The van der Waals surface area contributed by atoms with Crippen LogP contribution in [0.25, 0.3) is 0 Å². The Hall–Kier alpha value is -1.00. The molecule has 0 aliphatic carbocycles. The van der Waals surface area contributed by atoms with Crippen LogP contribution in [-0.2, 0) is 4.74 Å². The number of halogens is 2. The number of unbranched alkanes of at least 4 members (excludes halogenated alkanes) is 1. The minimum Gasteiger partial charge on any atom is -0.381 e. The molecule has 0 bridgehead atoms.